The molecule has 2 N–H and O–H groups in total. The minimum absolute atomic E-state index is 0.241. The number of carboxylic acids is 2. The Kier molecular flexibility index (Phi) is 5.84. The van der Waals surface area contributed by atoms with E-state index in [0.29, 0.717) is 21.5 Å². The van der Waals surface area contributed by atoms with Crippen molar-refractivity contribution in [2.75, 3.05) is 49.1 Å². The topological polar surface area (TPSA) is 156 Å². The molecule has 0 atom stereocenters. The van der Waals surface area contributed by atoms with Crippen molar-refractivity contribution in [1.29, 1.82) is 0 Å². The van der Waals surface area contributed by atoms with Crippen LogP contribution in [-0.4, -0.2) is 94.8 Å². The zero-order valence-corrected chi connectivity index (χ0v) is 25.7. The van der Waals surface area contributed by atoms with Crippen LogP contribution in [0.2, 0.25) is 0 Å². The number of benzene rings is 5. The van der Waals surface area contributed by atoms with Gasteiger partial charge >= 0.3 is 11.9 Å². The number of hydrogen-bond acceptors (Lipinski definition) is 8. The van der Waals surface area contributed by atoms with E-state index in [1.165, 1.54) is 0 Å². The zero-order chi connectivity index (χ0) is 33.2. The summed E-state index contributed by atoms with van der Waals surface area (Å²) < 4.78 is 0. The highest BCUT2D eigenvalue weighted by Crippen LogP contribution is 2.52. The fourth-order valence-corrected chi connectivity index (χ4v) is 8.50. The molecule has 2 saturated heterocycles. The first-order valence-electron chi connectivity index (χ1n) is 16.1. The first kappa shape index (κ1) is 28.4. The Bertz CT molecular complexity index is 2200. The monoisotopic (exact) mass is 644 g/mol. The van der Waals surface area contributed by atoms with E-state index < -0.39 is 48.7 Å². The Morgan fingerprint density at radius 1 is 0.500 bits per heavy atom. The number of carboxylic acid groups (broad SMARTS) is 2. The van der Waals surface area contributed by atoms with Gasteiger partial charge in [-0.3, -0.25) is 38.6 Å². The van der Waals surface area contributed by atoms with Crippen LogP contribution in [0.3, 0.4) is 0 Å². The van der Waals surface area contributed by atoms with Crippen LogP contribution in [0, 0.1) is 0 Å². The number of imide groups is 2. The summed E-state index contributed by atoms with van der Waals surface area (Å²) in [6.45, 7) is 1.41. The van der Waals surface area contributed by atoms with Crippen LogP contribution in [0.4, 0.5) is 11.4 Å². The normalized spacial score (nSPS) is 17.8. The van der Waals surface area contributed by atoms with Gasteiger partial charge in [-0.05, 0) is 60.7 Å². The van der Waals surface area contributed by atoms with E-state index in [1.807, 2.05) is 12.1 Å². The van der Waals surface area contributed by atoms with E-state index in [1.54, 1.807) is 24.3 Å². The van der Waals surface area contributed by atoms with Gasteiger partial charge < -0.3 is 20.0 Å². The summed E-state index contributed by atoms with van der Waals surface area (Å²) in [6.07, 6.45) is 3.75. The van der Waals surface area contributed by atoms with Crippen LogP contribution in [-0.2, 0) is 9.59 Å². The van der Waals surface area contributed by atoms with Gasteiger partial charge in [0.05, 0.1) is 11.1 Å². The third-order valence-electron chi connectivity index (χ3n) is 10.4. The molecule has 9 rings (SSSR count). The second-order valence-electron chi connectivity index (χ2n) is 13.0. The van der Waals surface area contributed by atoms with Crippen molar-refractivity contribution in [1.82, 2.24) is 9.80 Å². The SMILES string of the molecule is O=C(O)CN1C(=O)c2ccc3c4c(N5CCCC5)cc5c6c(ccc(c7c(N8CCCC8)cc(c2c37)C1=O)c64)C(=O)N(CC(=O)O)C5=O. The molecule has 4 amide bonds. The van der Waals surface area contributed by atoms with Crippen molar-refractivity contribution >= 4 is 90.0 Å². The number of carbonyl (C=O) groups excluding carboxylic acids is 4. The summed E-state index contributed by atoms with van der Waals surface area (Å²) >= 11 is 0. The molecule has 0 spiro atoms. The number of amides is 4. The van der Waals surface area contributed by atoms with Crippen molar-refractivity contribution in [3.8, 4) is 0 Å². The summed E-state index contributed by atoms with van der Waals surface area (Å²) in [5.74, 6) is -5.26. The third-order valence-corrected chi connectivity index (χ3v) is 10.4. The minimum atomic E-state index is -1.29. The van der Waals surface area contributed by atoms with E-state index in [9.17, 15) is 39.0 Å². The Morgan fingerprint density at radius 2 is 0.854 bits per heavy atom. The number of nitrogens with zero attached hydrogens (tertiary/aromatic N) is 4. The lowest BCUT2D eigenvalue weighted by Gasteiger charge is -2.33. The molecule has 4 heterocycles. The molecule has 0 aliphatic carbocycles. The number of aliphatic carboxylic acids is 2. The highest BCUT2D eigenvalue weighted by molar-refractivity contribution is 6.44. The van der Waals surface area contributed by atoms with Crippen molar-refractivity contribution in [3.63, 3.8) is 0 Å². The predicted molar refractivity (Wildman–Crippen MR) is 177 cm³/mol. The first-order valence-corrected chi connectivity index (χ1v) is 16.1. The molecule has 0 bridgehead atoms. The van der Waals surface area contributed by atoms with Gasteiger partial charge in [-0.2, -0.15) is 0 Å². The second-order valence-corrected chi connectivity index (χ2v) is 13.0. The van der Waals surface area contributed by atoms with Gasteiger partial charge in [0, 0.05) is 81.0 Å². The first-order chi connectivity index (χ1) is 23.2. The zero-order valence-electron chi connectivity index (χ0n) is 25.7. The van der Waals surface area contributed by atoms with Crippen LogP contribution in [0.15, 0.2) is 36.4 Å². The van der Waals surface area contributed by atoms with Gasteiger partial charge in [-0.15, -0.1) is 0 Å². The molecule has 5 aromatic carbocycles. The molecule has 48 heavy (non-hydrogen) atoms. The Morgan fingerprint density at radius 3 is 1.21 bits per heavy atom. The van der Waals surface area contributed by atoms with Gasteiger partial charge in [-0.1, -0.05) is 12.1 Å². The molecule has 2 fully saturated rings. The van der Waals surface area contributed by atoms with E-state index >= 15 is 0 Å². The summed E-state index contributed by atoms with van der Waals surface area (Å²) in [4.78, 5) is 84.8. The number of anilines is 2. The molecule has 0 saturated carbocycles. The standard InChI is InChI=1S/C36H28N4O8/c41-25(42)15-39-33(45)19-8-6-18-30-24(38-11-3-4-12-38)14-22-28-20(34(46)40(36(22)48)16-26(43)44)7-5-17(32(28)30)29-23(37-9-1-2-10-37)13-21(35(39)47)27(19)31(18)29/h5-8,13-14H,1-4,9-12,15-16H2,(H,41,42)(H,43,44). The second kappa shape index (κ2) is 9.86. The van der Waals surface area contributed by atoms with E-state index in [4.69, 9.17) is 0 Å². The summed E-state index contributed by atoms with van der Waals surface area (Å²) in [5, 5.41) is 24.6. The van der Waals surface area contributed by atoms with Crippen LogP contribution >= 0.6 is 0 Å². The fourth-order valence-electron chi connectivity index (χ4n) is 8.50. The molecular weight excluding hydrogens is 616 g/mol. The molecule has 4 aliphatic rings. The molecule has 4 aliphatic heterocycles. The molecule has 12 heteroatoms. The maximum Gasteiger partial charge on any atom is 0.323 e. The largest absolute Gasteiger partial charge is 0.480 e. The number of fused-ring (bicyclic) bond motifs is 2. The van der Waals surface area contributed by atoms with Gasteiger partial charge in [0.1, 0.15) is 13.1 Å². The molecule has 0 aromatic heterocycles. The molecule has 0 unspecified atom stereocenters. The third kappa shape index (κ3) is 3.65. The Balaban J connectivity index is 1.48. The maximum absolute atomic E-state index is 14.0. The summed E-state index contributed by atoms with van der Waals surface area (Å²) in [7, 11) is 0. The lowest BCUT2D eigenvalue weighted by atomic mass is 9.80. The van der Waals surface area contributed by atoms with Crippen molar-refractivity contribution < 1.29 is 39.0 Å². The van der Waals surface area contributed by atoms with Crippen LogP contribution in [0.25, 0.3) is 43.1 Å². The summed E-state index contributed by atoms with van der Waals surface area (Å²) in [5.41, 5.74) is 2.54. The van der Waals surface area contributed by atoms with Gasteiger partial charge in [0.25, 0.3) is 23.6 Å². The maximum atomic E-state index is 14.0. The van der Waals surface area contributed by atoms with E-state index in [0.717, 1.165) is 94.6 Å². The van der Waals surface area contributed by atoms with Crippen molar-refractivity contribution in [2.24, 2.45) is 0 Å². The quantitative estimate of drug-likeness (QED) is 0.155. The average Bonchev–Trinajstić information content (AvgIpc) is 3.81. The minimum Gasteiger partial charge on any atom is -0.480 e. The van der Waals surface area contributed by atoms with Gasteiger partial charge in [0.15, 0.2) is 0 Å². The number of rotatable bonds is 6. The van der Waals surface area contributed by atoms with Gasteiger partial charge in [-0.25, -0.2) is 0 Å². The average molecular weight is 645 g/mol. The van der Waals surface area contributed by atoms with E-state index in [-0.39, 0.29) is 22.3 Å². The fraction of sp³-hybridized carbons (Fsp3) is 0.278. The molecule has 5 aromatic rings. The van der Waals surface area contributed by atoms with Crippen molar-refractivity contribution in [3.05, 3.63) is 58.7 Å². The molecule has 12 nitrogen and oxygen atoms in total. The number of hydrogen-bond donors (Lipinski definition) is 2. The lowest BCUT2D eigenvalue weighted by molar-refractivity contribution is -0.138. The molecule has 0 radical (unpaired) electrons. The highest BCUT2D eigenvalue weighted by atomic mass is 16.4. The van der Waals surface area contributed by atoms with Gasteiger partial charge in [0.2, 0.25) is 0 Å². The number of carbonyl (C=O) groups is 6. The Hall–Kier alpha value is -5.78. The highest BCUT2D eigenvalue weighted by Gasteiger charge is 2.40. The van der Waals surface area contributed by atoms with Crippen LogP contribution in [0.5, 0.6) is 0 Å². The Labute approximate surface area is 272 Å². The van der Waals surface area contributed by atoms with Crippen LogP contribution < -0.4 is 9.80 Å². The molecule has 240 valence electrons. The smallest absolute Gasteiger partial charge is 0.323 e. The molecular formula is C36H28N4O8. The van der Waals surface area contributed by atoms with Crippen molar-refractivity contribution in [2.45, 2.75) is 25.7 Å². The van der Waals surface area contributed by atoms with Crippen LogP contribution in [0.1, 0.15) is 67.1 Å². The lowest BCUT2D eigenvalue weighted by Crippen LogP contribution is -2.43. The van der Waals surface area contributed by atoms with E-state index in [2.05, 4.69) is 9.80 Å². The predicted octanol–water partition coefficient (Wildman–Crippen LogP) is 4.30. The summed E-state index contributed by atoms with van der Waals surface area (Å²) in [6, 6.07) is 10.5.